The van der Waals surface area contributed by atoms with Crippen molar-refractivity contribution in [3.63, 3.8) is 0 Å². The summed E-state index contributed by atoms with van der Waals surface area (Å²) in [5.41, 5.74) is 3.90. The minimum Gasteiger partial charge on any atom is -0.271 e. The highest BCUT2D eigenvalue weighted by Crippen LogP contribution is 2.33. The third-order valence-electron chi connectivity index (χ3n) is 2.97. The van der Waals surface area contributed by atoms with Gasteiger partial charge in [-0.1, -0.05) is 11.6 Å². The van der Waals surface area contributed by atoms with Crippen LogP contribution in [0.5, 0.6) is 0 Å². The van der Waals surface area contributed by atoms with Crippen molar-refractivity contribution in [2.75, 3.05) is 0 Å². The summed E-state index contributed by atoms with van der Waals surface area (Å²) in [5.74, 6) is 6.57. The van der Waals surface area contributed by atoms with Crippen LogP contribution in [-0.4, -0.2) is 14.8 Å². The van der Waals surface area contributed by atoms with Gasteiger partial charge in [-0.25, -0.2) is 9.67 Å². The summed E-state index contributed by atoms with van der Waals surface area (Å²) in [7, 11) is 0. The van der Waals surface area contributed by atoms with Crippen LogP contribution in [0.1, 0.15) is 42.2 Å². The number of nitrogens with two attached hydrogens (primary N) is 1. The molecular formula is C12H18ClN5S. The maximum atomic E-state index is 6.30. The predicted molar refractivity (Wildman–Crippen MR) is 78.2 cm³/mol. The summed E-state index contributed by atoms with van der Waals surface area (Å²) in [6.07, 6.45) is 2.23. The highest BCUT2D eigenvalue weighted by atomic mass is 35.5. The molecule has 0 saturated heterocycles. The molecule has 0 aromatic carbocycles. The molecule has 2 aromatic heterocycles. The standard InChI is InChI=1S/C12H18ClN5S/c1-7(2)18-10(15-6-16-18)4-9(17-14)12-11(13)8(3)5-19-12/h5-7,9,17H,4,14H2,1-3H3. The molecule has 0 amide bonds. The van der Waals surface area contributed by atoms with Crippen LogP contribution in [0.15, 0.2) is 11.7 Å². The predicted octanol–water partition coefficient (Wildman–Crippen LogP) is 2.63. The van der Waals surface area contributed by atoms with Gasteiger partial charge >= 0.3 is 0 Å². The number of rotatable bonds is 5. The smallest absolute Gasteiger partial charge is 0.138 e. The fourth-order valence-corrected chi connectivity index (χ4v) is 3.33. The quantitative estimate of drug-likeness (QED) is 0.658. The Hall–Kier alpha value is -0.950. The molecular weight excluding hydrogens is 282 g/mol. The minimum atomic E-state index is -0.0482. The molecule has 2 aromatic rings. The fraction of sp³-hybridized carbons (Fsp3) is 0.500. The third-order valence-corrected chi connectivity index (χ3v) is 4.79. The maximum absolute atomic E-state index is 6.30. The number of hydrogen-bond donors (Lipinski definition) is 2. The molecule has 0 aliphatic rings. The molecule has 0 radical (unpaired) electrons. The van der Waals surface area contributed by atoms with Crippen molar-refractivity contribution < 1.29 is 0 Å². The number of hydrogen-bond acceptors (Lipinski definition) is 5. The Kier molecular flexibility index (Phi) is 4.57. The Bertz CT molecular complexity index is 548. The second-order valence-electron chi connectivity index (χ2n) is 4.73. The van der Waals surface area contributed by atoms with Crippen molar-refractivity contribution >= 4 is 22.9 Å². The Morgan fingerprint density at radius 3 is 2.79 bits per heavy atom. The maximum Gasteiger partial charge on any atom is 0.138 e. The van der Waals surface area contributed by atoms with Crippen LogP contribution in [0.2, 0.25) is 5.02 Å². The molecule has 1 atom stereocenters. The topological polar surface area (TPSA) is 68.8 Å². The Morgan fingerprint density at radius 1 is 1.53 bits per heavy atom. The Labute approximate surface area is 121 Å². The average Bonchev–Trinajstić information content (AvgIpc) is 2.96. The lowest BCUT2D eigenvalue weighted by Gasteiger charge is -2.16. The number of aryl methyl sites for hydroxylation is 1. The van der Waals surface area contributed by atoms with Crippen LogP contribution in [0.3, 0.4) is 0 Å². The van der Waals surface area contributed by atoms with Gasteiger partial charge < -0.3 is 0 Å². The highest BCUT2D eigenvalue weighted by molar-refractivity contribution is 7.10. The molecule has 5 nitrogen and oxygen atoms in total. The van der Waals surface area contributed by atoms with Gasteiger partial charge in [0.05, 0.1) is 11.1 Å². The molecule has 0 spiro atoms. The lowest BCUT2D eigenvalue weighted by atomic mass is 10.1. The molecule has 19 heavy (non-hydrogen) atoms. The van der Waals surface area contributed by atoms with Gasteiger partial charge in [-0.05, 0) is 31.7 Å². The molecule has 0 bridgehead atoms. The van der Waals surface area contributed by atoms with E-state index in [1.54, 1.807) is 17.7 Å². The summed E-state index contributed by atoms with van der Waals surface area (Å²) < 4.78 is 1.90. The van der Waals surface area contributed by atoms with Crippen molar-refractivity contribution in [2.45, 2.75) is 39.3 Å². The van der Waals surface area contributed by atoms with E-state index in [9.17, 15) is 0 Å². The second-order valence-corrected chi connectivity index (χ2v) is 6.02. The lowest BCUT2D eigenvalue weighted by molar-refractivity contribution is 0.471. The van der Waals surface area contributed by atoms with E-state index in [0.29, 0.717) is 6.42 Å². The first-order valence-corrected chi connectivity index (χ1v) is 7.38. The number of nitrogens with one attached hydrogen (secondary N) is 1. The fourth-order valence-electron chi connectivity index (χ4n) is 1.95. The second kappa shape index (κ2) is 6.00. The van der Waals surface area contributed by atoms with Gasteiger partial charge in [0, 0.05) is 17.3 Å². The summed E-state index contributed by atoms with van der Waals surface area (Å²) in [6.45, 7) is 6.14. The number of thiophene rings is 1. The van der Waals surface area contributed by atoms with E-state index in [2.05, 4.69) is 29.4 Å². The van der Waals surface area contributed by atoms with Crippen LogP contribution in [-0.2, 0) is 6.42 Å². The van der Waals surface area contributed by atoms with Crippen molar-refractivity contribution in [3.05, 3.63) is 33.0 Å². The molecule has 2 heterocycles. The van der Waals surface area contributed by atoms with E-state index in [4.69, 9.17) is 17.4 Å². The SMILES string of the molecule is Cc1csc(C(Cc2ncnn2C(C)C)NN)c1Cl. The van der Waals surface area contributed by atoms with Crippen LogP contribution < -0.4 is 11.3 Å². The first-order chi connectivity index (χ1) is 9.04. The number of hydrazine groups is 1. The highest BCUT2D eigenvalue weighted by Gasteiger charge is 2.20. The van der Waals surface area contributed by atoms with Crippen LogP contribution in [0.25, 0.3) is 0 Å². The first kappa shape index (κ1) is 14.5. The van der Waals surface area contributed by atoms with Crippen LogP contribution in [0, 0.1) is 6.92 Å². The molecule has 2 rings (SSSR count). The monoisotopic (exact) mass is 299 g/mol. The van der Waals surface area contributed by atoms with E-state index < -0.39 is 0 Å². The van der Waals surface area contributed by atoms with Gasteiger partial charge in [0.15, 0.2) is 0 Å². The van der Waals surface area contributed by atoms with E-state index in [-0.39, 0.29) is 12.1 Å². The molecule has 0 fully saturated rings. The third kappa shape index (κ3) is 2.97. The zero-order valence-corrected chi connectivity index (χ0v) is 12.8. The molecule has 7 heteroatoms. The summed E-state index contributed by atoms with van der Waals surface area (Å²) in [6, 6.07) is 0.226. The number of halogens is 1. The minimum absolute atomic E-state index is 0.0482. The zero-order valence-electron chi connectivity index (χ0n) is 11.2. The molecule has 0 aliphatic heterocycles. The van der Waals surface area contributed by atoms with Crippen molar-refractivity contribution in [2.24, 2.45) is 5.84 Å². The van der Waals surface area contributed by atoms with Crippen molar-refractivity contribution in [3.8, 4) is 0 Å². The first-order valence-electron chi connectivity index (χ1n) is 6.12. The summed E-state index contributed by atoms with van der Waals surface area (Å²) in [4.78, 5) is 5.35. The van der Waals surface area contributed by atoms with Gasteiger partial charge in [-0.3, -0.25) is 11.3 Å². The van der Waals surface area contributed by atoms with E-state index >= 15 is 0 Å². The van der Waals surface area contributed by atoms with Gasteiger partial charge in [0.1, 0.15) is 12.2 Å². The summed E-state index contributed by atoms with van der Waals surface area (Å²) in [5, 5.41) is 7.05. The van der Waals surface area contributed by atoms with Crippen molar-refractivity contribution in [1.82, 2.24) is 20.2 Å². The normalized spacial score (nSPS) is 13.2. The van der Waals surface area contributed by atoms with Gasteiger partial charge in [0.25, 0.3) is 0 Å². The molecule has 104 valence electrons. The Morgan fingerprint density at radius 2 is 2.26 bits per heavy atom. The van der Waals surface area contributed by atoms with Crippen LogP contribution in [0.4, 0.5) is 0 Å². The molecule has 3 N–H and O–H groups in total. The molecule has 0 saturated carbocycles. The van der Waals surface area contributed by atoms with Gasteiger partial charge in [0.2, 0.25) is 0 Å². The van der Waals surface area contributed by atoms with Crippen LogP contribution >= 0.6 is 22.9 Å². The number of nitrogens with zero attached hydrogens (tertiary/aromatic N) is 3. The van der Waals surface area contributed by atoms with Crippen molar-refractivity contribution in [1.29, 1.82) is 0 Å². The summed E-state index contributed by atoms with van der Waals surface area (Å²) >= 11 is 7.91. The lowest BCUT2D eigenvalue weighted by Crippen LogP contribution is -2.30. The Balaban J connectivity index is 2.24. The van der Waals surface area contributed by atoms with E-state index in [0.717, 1.165) is 21.3 Å². The van der Waals surface area contributed by atoms with Gasteiger partial charge in [-0.2, -0.15) is 5.10 Å². The average molecular weight is 300 g/mol. The molecule has 0 aliphatic carbocycles. The molecule has 1 unspecified atom stereocenters. The zero-order chi connectivity index (χ0) is 14.0. The van der Waals surface area contributed by atoms with E-state index in [1.807, 2.05) is 17.0 Å². The van der Waals surface area contributed by atoms with E-state index in [1.165, 1.54) is 0 Å². The number of aromatic nitrogens is 3. The van der Waals surface area contributed by atoms with Gasteiger partial charge in [-0.15, -0.1) is 11.3 Å². The largest absolute Gasteiger partial charge is 0.271 e.